The van der Waals surface area contributed by atoms with Crippen molar-refractivity contribution in [2.24, 2.45) is 0 Å². The van der Waals surface area contributed by atoms with E-state index < -0.39 is 5.82 Å². The molecule has 0 bridgehead atoms. The van der Waals surface area contributed by atoms with Crippen LogP contribution in [0.4, 0.5) is 4.39 Å². The van der Waals surface area contributed by atoms with Gasteiger partial charge in [0.05, 0.1) is 20.8 Å². The molecule has 0 aromatic heterocycles. The van der Waals surface area contributed by atoms with E-state index in [0.717, 1.165) is 18.4 Å². The largest absolute Gasteiger partial charge is 0.492 e. The summed E-state index contributed by atoms with van der Waals surface area (Å²) in [5.41, 5.74) is 1.36. The first-order valence-corrected chi connectivity index (χ1v) is 5.22. The molecular weight excluding hydrogens is 211 g/mol. The average molecular weight is 228 g/mol. The van der Waals surface area contributed by atoms with Crippen molar-refractivity contribution in [1.82, 2.24) is 0 Å². The quantitative estimate of drug-likeness (QED) is 0.840. The fourth-order valence-corrected chi connectivity index (χ4v) is 1.77. The molecule has 0 atom stereocenters. The van der Waals surface area contributed by atoms with Crippen LogP contribution in [0.1, 0.15) is 24.5 Å². The van der Waals surface area contributed by atoms with E-state index in [-0.39, 0.29) is 12.4 Å². The molecule has 1 rings (SSSR count). The van der Waals surface area contributed by atoms with Gasteiger partial charge in [-0.2, -0.15) is 0 Å². The summed E-state index contributed by atoms with van der Waals surface area (Å²) in [6.45, 7) is 1.81. The zero-order valence-corrected chi connectivity index (χ0v) is 9.84. The number of hydrogen-bond acceptors (Lipinski definition) is 3. The van der Waals surface area contributed by atoms with Crippen molar-refractivity contribution >= 4 is 0 Å². The van der Waals surface area contributed by atoms with Crippen molar-refractivity contribution in [3.8, 4) is 11.5 Å². The molecule has 0 aliphatic heterocycles. The minimum atomic E-state index is -0.511. The van der Waals surface area contributed by atoms with Crippen LogP contribution in [0.25, 0.3) is 0 Å². The van der Waals surface area contributed by atoms with Gasteiger partial charge in [0, 0.05) is 5.56 Å². The van der Waals surface area contributed by atoms with E-state index in [1.165, 1.54) is 20.3 Å². The lowest BCUT2D eigenvalue weighted by Crippen LogP contribution is -2.03. The Balaban J connectivity index is 3.39. The summed E-state index contributed by atoms with van der Waals surface area (Å²) in [6.07, 6.45) is 1.61. The topological polar surface area (TPSA) is 38.7 Å². The zero-order valence-electron chi connectivity index (χ0n) is 9.84. The second-order valence-electron chi connectivity index (χ2n) is 3.47. The minimum absolute atomic E-state index is 0.100. The van der Waals surface area contributed by atoms with Crippen molar-refractivity contribution in [2.75, 3.05) is 14.2 Å². The molecule has 1 aromatic carbocycles. The number of benzene rings is 1. The van der Waals surface area contributed by atoms with Crippen LogP contribution < -0.4 is 9.47 Å². The van der Waals surface area contributed by atoms with E-state index in [2.05, 4.69) is 0 Å². The van der Waals surface area contributed by atoms with Gasteiger partial charge < -0.3 is 14.6 Å². The molecule has 3 nitrogen and oxygen atoms in total. The second-order valence-corrected chi connectivity index (χ2v) is 3.47. The Morgan fingerprint density at radius 3 is 2.31 bits per heavy atom. The predicted molar refractivity (Wildman–Crippen MR) is 59.4 cm³/mol. The number of aliphatic hydroxyl groups excluding tert-OH is 1. The first kappa shape index (κ1) is 12.8. The van der Waals surface area contributed by atoms with Gasteiger partial charge in [-0.3, -0.25) is 0 Å². The Kier molecular flexibility index (Phi) is 4.55. The number of rotatable bonds is 5. The summed E-state index contributed by atoms with van der Waals surface area (Å²) in [7, 11) is 2.87. The van der Waals surface area contributed by atoms with Crippen LogP contribution in [-0.4, -0.2) is 19.3 Å². The molecule has 0 unspecified atom stereocenters. The molecule has 16 heavy (non-hydrogen) atoms. The van der Waals surface area contributed by atoms with E-state index in [0.29, 0.717) is 11.3 Å². The molecular formula is C12H17FO3. The van der Waals surface area contributed by atoms with Gasteiger partial charge in [0.25, 0.3) is 0 Å². The van der Waals surface area contributed by atoms with Gasteiger partial charge in [-0.15, -0.1) is 0 Å². The number of aliphatic hydroxyl groups is 1. The minimum Gasteiger partial charge on any atom is -0.492 e. The highest BCUT2D eigenvalue weighted by molar-refractivity contribution is 5.51. The Bertz CT molecular complexity index is 364. The van der Waals surface area contributed by atoms with Gasteiger partial charge in [0.15, 0.2) is 17.3 Å². The summed E-state index contributed by atoms with van der Waals surface area (Å²) in [4.78, 5) is 0. The van der Waals surface area contributed by atoms with Crippen LogP contribution >= 0.6 is 0 Å². The molecule has 0 saturated carbocycles. The molecule has 0 amide bonds. The van der Waals surface area contributed by atoms with E-state index in [9.17, 15) is 9.50 Å². The molecule has 0 spiro atoms. The standard InChI is InChI=1S/C12H17FO3/c1-4-5-9-8(7-14)6-10(13)12(16-3)11(9)15-2/h6,14H,4-5,7H2,1-3H3. The fourth-order valence-electron chi connectivity index (χ4n) is 1.77. The average Bonchev–Trinajstić information content (AvgIpc) is 2.30. The molecule has 0 aliphatic rings. The maximum absolute atomic E-state index is 13.6. The van der Waals surface area contributed by atoms with Gasteiger partial charge in [0.2, 0.25) is 0 Å². The molecule has 0 saturated heterocycles. The third-order valence-corrected chi connectivity index (χ3v) is 2.46. The van der Waals surface area contributed by atoms with Gasteiger partial charge in [-0.05, 0) is 18.1 Å². The SMILES string of the molecule is CCCc1c(CO)cc(F)c(OC)c1OC. The smallest absolute Gasteiger partial charge is 0.197 e. The Morgan fingerprint density at radius 1 is 1.25 bits per heavy atom. The van der Waals surface area contributed by atoms with Crippen molar-refractivity contribution in [3.05, 3.63) is 23.0 Å². The summed E-state index contributed by atoms with van der Waals surface area (Å²) in [6, 6.07) is 1.30. The molecule has 1 N–H and O–H groups in total. The van der Waals surface area contributed by atoms with Crippen molar-refractivity contribution in [1.29, 1.82) is 0 Å². The van der Waals surface area contributed by atoms with Gasteiger partial charge in [0.1, 0.15) is 0 Å². The maximum atomic E-state index is 13.6. The number of ether oxygens (including phenoxy) is 2. The fraction of sp³-hybridized carbons (Fsp3) is 0.500. The molecule has 0 radical (unpaired) electrons. The lowest BCUT2D eigenvalue weighted by atomic mass is 10.0. The van der Waals surface area contributed by atoms with Crippen LogP contribution in [0.2, 0.25) is 0 Å². The first-order valence-electron chi connectivity index (χ1n) is 5.22. The van der Waals surface area contributed by atoms with E-state index in [1.807, 2.05) is 6.92 Å². The third kappa shape index (κ3) is 2.27. The van der Waals surface area contributed by atoms with Crippen molar-refractivity contribution < 1.29 is 19.0 Å². The summed E-state index contributed by atoms with van der Waals surface area (Å²) in [5.74, 6) is -0.0280. The maximum Gasteiger partial charge on any atom is 0.197 e. The van der Waals surface area contributed by atoms with Crippen molar-refractivity contribution in [3.63, 3.8) is 0 Å². The summed E-state index contributed by atoms with van der Waals surface area (Å²) in [5, 5.41) is 9.19. The highest BCUT2D eigenvalue weighted by Crippen LogP contribution is 2.37. The first-order chi connectivity index (χ1) is 7.69. The van der Waals surface area contributed by atoms with E-state index in [1.54, 1.807) is 0 Å². The molecule has 90 valence electrons. The Labute approximate surface area is 94.8 Å². The van der Waals surface area contributed by atoms with Gasteiger partial charge in [-0.25, -0.2) is 4.39 Å². The second kappa shape index (κ2) is 5.70. The van der Waals surface area contributed by atoms with E-state index >= 15 is 0 Å². The van der Waals surface area contributed by atoms with Crippen LogP contribution in [0.3, 0.4) is 0 Å². The van der Waals surface area contributed by atoms with Crippen LogP contribution in [0.5, 0.6) is 11.5 Å². The molecule has 1 aromatic rings. The molecule has 0 heterocycles. The Morgan fingerprint density at radius 2 is 1.88 bits per heavy atom. The van der Waals surface area contributed by atoms with Crippen LogP contribution in [0.15, 0.2) is 6.07 Å². The monoisotopic (exact) mass is 228 g/mol. The highest BCUT2D eigenvalue weighted by Gasteiger charge is 2.18. The molecule has 0 aliphatic carbocycles. The number of methoxy groups -OCH3 is 2. The van der Waals surface area contributed by atoms with Gasteiger partial charge in [-0.1, -0.05) is 13.3 Å². The molecule has 0 fully saturated rings. The van der Waals surface area contributed by atoms with Crippen molar-refractivity contribution in [2.45, 2.75) is 26.4 Å². The lowest BCUT2D eigenvalue weighted by Gasteiger charge is -2.16. The highest BCUT2D eigenvalue weighted by atomic mass is 19.1. The Hall–Kier alpha value is -1.29. The lowest BCUT2D eigenvalue weighted by molar-refractivity contribution is 0.276. The number of halogens is 1. The predicted octanol–water partition coefficient (Wildman–Crippen LogP) is 2.29. The summed E-state index contributed by atoms with van der Waals surface area (Å²) < 4.78 is 23.7. The zero-order chi connectivity index (χ0) is 12.1. The normalized spacial score (nSPS) is 10.3. The third-order valence-electron chi connectivity index (χ3n) is 2.46. The van der Waals surface area contributed by atoms with Gasteiger partial charge >= 0.3 is 0 Å². The van der Waals surface area contributed by atoms with Crippen LogP contribution in [0, 0.1) is 5.82 Å². The number of hydrogen-bond donors (Lipinski definition) is 1. The van der Waals surface area contributed by atoms with E-state index in [4.69, 9.17) is 9.47 Å². The van der Waals surface area contributed by atoms with Crippen LogP contribution in [-0.2, 0) is 13.0 Å². The molecule has 4 heteroatoms. The summed E-state index contributed by atoms with van der Waals surface area (Å²) >= 11 is 0.